The maximum atomic E-state index is 14.0. The van der Waals surface area contributed by atoms with E-state index in [1.165, 1.54) is 7.11 Å². The fourth-order valence-electron chi connectivity index (χ4n) is 5.03. The molecule has 7 nitrogen and oxygen atoms in total. The lowest BCUT2D eigenvalue weighted by Gasteiger charge is -2.41. The Hall–Kier alpha value is -2.88. The second-order valence-corrected chi connectivity index (χ2v) is 8.79. The van der Waals surface area contributed by atoms with Crippen LogP contribution in [-0.2, 0) is 9.53 Å². The van der Waals surface area contributed by atoms with Crippen molar-refractivity contribution in [2.24, 2.45) is 11.8 Å². The summed E-state index contributed by atoms with van der Waals surface area (Å²) in [6, 6.07) is 2.03. The van der Waals surface area contributed by atoms with Gasteiger partial charge in [-0.1, -0.05) is 18.5 Å². The fraction of sp³-hybridized carbons (Fsp3) is 0.522. The van der Waals surface area contributed by atoms with Crippen molar-refractivity contribution >= 4 is 11.9 Å². The molecule has 1 saturated carbocycles. The average molecular weight is 465 g/mol. The summed E-state index contributed by atoms with van der Waals surface area (Å²) in [5.41, 5.74) is -0.821. The monoisotopic (exact) mass is 465 g/mol. The SMILES string of the molecule is COC(=O)C1CN(C2CCCC2C)CCC1NC(=O)c1cc(-c2c(F)cc(F)cc2F)on1. The van der Waals surface area contributed by atoms with Gasteiger partial charge in [-0.05, 0) is 25.2 Å². The minimum absolute atomic E-state index is 0.205. The van der Waals surface area contributed by atoms with Crippen LogP contribution >= 0.6 is 0 Å². The minimum atomic E-state index is -1.17. The second kappa shape index (κ2) is 9.54. The molecule has 0 bridgehead atoms. The highest BCUT2D eigenvalue weighted by Crippen LogP contribution is 2.33. The molecule has 1 saturated heterocycles. The Morgan fingerprint density at radius 1 is 1.15 bits per heavy atom. The largest absolute Gasteiger partial charge is 0.469 e. The Morgan fingerprint density at radius 2 is 1.88 bits per heavy atom. The van der Waals surface area contributed by atoms with Gasteiger partial charge in [-0.15, -0.1) is 0 Å². The van der Waals surface area contributed by atoms with E-state index < -0.39 is 46.9 Å². The molecule has 178 valence electrons. The van der Waals surface area contributed by atoms with Gasteiger partial charge in [-0.25, -0.2) is 13.2 Å². The number of aromatic nitrogens is 1. The smallest absolute Gasteiger partial charge is 0.312 e. The standard InChI is InChI=1S/C23H26F3N3O4/c1-12-4-3-5-19(12)29-7-6-17(14(11-29)23(31)32-2)27-22(30)18-10-20(33-28-18)21-15(25)8-13(24)9-16(21)26/h8-10,12,14,17,19H,3-7,11H2,1-2H3,(H,27,30). The van der Waals surface area contributed by atoms with Gasteiger partial charge in [0.05, 0.1) is 18.6 Å². The molecule has 0 spiro atoms. The number of nitrogens with one attached hydrogen (secondary N) is 1. The predicted molar refractivity (Wildman–Crippen MR) is 112 cm³/mol. The molecule has 1 aliphatic carbocycles. The molecule has 0 radical (unpaired) electrons. The molecule has 1 aromatic heterocycles. The molecule has 1 aromatic carbocycles. The molecule has 4 atom stereocenters. The molecule has 33 heavy (non-hydrogen) atoms. The summed E-state index contributed by atoms with van der Waals surface area (Å²) >= 11 is 0. The van der Waals surface area contributed by atoms with Gasteiger partial charge in [-0.2, -0.15) is 0 Å². The summed E-state index contributed by atoms with van der Waals surface area (Å²) < 4.78 is 51.1. The Morgan fingerprint density at radius 3 is 2.52 bits per heavy atom. The number of esters is 1. The summed E-state index contributed by atoms with van der Waals surface area (Å²) in [5, 5.41) is 6.39. The van der Waals surface area contributed by atoms with E-state index in [1.54, 1.807) is 0 Å². The van der Waals surface area contributed by atoms with Gasteiger partial charge in [-0.3, -0.25) is 14.5 Å². The van der Waals surface area contributed by atoms with Crippen LogP contribution in [0.25, 0.3) is 11.3 Å². The number of piperidine rings is 1. The Balaban J connectivity index is 1.48. The van der Waals surface area contributed by atoms with Crippen molar-refractivity contribution in [1.82, 2.24) is 15.4 Å². The van der Waals surface area contributed by atoms with E-state index >= 15 is 0 Å². The molecular formula is C23H26F3N3O4. The van der Waals surface area contributed by atoms with Crippen LogP contribution in [0.2, 0.25) is 0 Å². The Kier molecular flexibility index (Phi) is 6.73. The van der Waals surface area contributed by atoms with E-state index in [-0.39, 0.29) is 11.5 Å². The zero-order valence-electron chi connectivity index (χ0n) is 18.4. The average Bonchev–Trinajstić information content (AvgIpc) is 3.42. The highest BCUT2D eigenvalue weighted by Gasteiger charge is 2.40. The number of hydrogen-bond donors (Lipinski definition) is 1. The van der Waals surface area contributed by atoms with Gasteiger partial charge in [0.15, 0.2) is 11.5 Å². The van der Waals surface area contributed by atoms with E-state index in [0.29, 0.717) is 37.1 Å². The Bertz CT molecular complexity index is 1020. The highest BCUT2D eigenvalue weighted by atomic mass is 19.1. The highest BCUT2D eigenvalue weighted by molar-refractivity contribution is 5.93. The van der Waals surface area contributed by atoms with E-state index in [4.69, 9.17) is 9.26 Å². The normalized spacial score (nSPS) is 25.7. The van der Waals surface area contributed by atoms with Crippen LogP contribution in [0.15, 0.2) is 22.7 Å². The molecule has 2 aromatic rings. The van der Waals surface area contributed by atoms with Crippen LogP contribution in [0.5, 0.6) is 0 Å². The quantitative estimate of drug-likeness (QED) is 0.680. The predicted octanol–water partition coefficient (Wildman–Crippen LogP) is 3.54. The lowest BCUT2D eigenvalue weighted by Crippen LogP contribution is -2.56. The number of likely N-dealkylation sites (tertiary alicyclic amines) is 1. The van der Waals surface area contributed by atoms with Crippen molar-refractivity contribution in [2.75, 3.05) is 20.2 Å². The number of amides is 1. The molecule has 2 aliphatic rings. The van der Waals surface area contributed by atoms with Crippen molar-refractivity contribution in [1.29, 1.82) is 0 Å². The van der Waals surface area contributed by atoms with Gasteiger partial charge >= 0.3 is 5.97 Å². The van der Waals surface area contributed by atoms with Gasteiger partial charge < -0.3 is 14.6 Å². The Labute approximate surface area is 189 Å². The number of benzene rings is 1. The molecule has 1 aliphatic heterocycles. The second-order valence-electron chi connectivity index (χ2n) is 8.79. The molecule has 10 heteroatoms. The van der Waals surface area contributed by atoms with Gasteiger partial charge in [0.2, 0.25) is 0 Å². The van der Waals surface area contributed by atoms with Crippen LogP contribution in [-0.4, -0.2) is 54.2 Å². The first-order valence-electron chi connectivity index (χ1n) is 11.0. The van der Waals surface area contributed by atoms with Crippen LogP contribution in [0.4, 0.5) is 13.2 Å². The summed E-state index contributed by atoms with van der Waals surface area (Å²) in [6.07, 6.45) is 3.95. The zero-order chi connectivity index (χ0) is 23.7. The third-order valence-corrected chi connectivity index (χ3v) is 6.75. The first-order valence-corrected chi connectivity index (χ1v) is 11.0. The van der Waals surface area contributed by atoms with Crippen LogP contribution in [0.1, 0.15) is 43.1 Å². The summed E-state index contributed by atoms with van der Waals surface area (Å²) in [6.45, 7) is 3.42. The molecule has 1 amide bonds. The summed E-state index contributed by atoms with van der Waals surface area (Å²) in [7, 11) is 1.31. The van der Waals surface area contributed by atoms with Crippen LogP contribution in [0.3, 0.4) is 0 Å². The number of carbonyl (C=O) groups excluding carboxylic acids is 2. The van der Waals surface area contributed by atoms with Gasteiger partial charge in [0.25, 0.3) is 5.91 Å². The van der Waals surface area contributed by atoms with Crippen molar-refractivity contribution in [3.8, 4) is 11.3 Å². The van der Waals surface area contributed by atoms with E-state index in [2.05, 4.69) is 22.3 Å². The van der Waals surface area contributed by atoms with Crippen LogP contribution < -0.4 is 5.32 Å². The molecule has 4 unspecified atom stereocenters. The molecule has 2 fully saturated rings. The van der Waals surface area contributed by atoms with Gasteiger partial charge in [0, 0.05) is 43.4 Å². The fourth-order valence-corrected chi connectivity index (χ4v) is 5.03. The number of rotatable bonds is 5. The summed E-state index contributed by atoms with van der Waals surface area (Å²) in [4.78, 5) is 27.6. The molecule has 2 heterocycles. The number of hydrogen-bond acceptors (Lipinski definition) is 6. The van der Waals surface area contributed by atoms with Crippen LogP contribution in [0, 0.1) is 29.3 Å². The third kappa shape index (κ3) is 4.75. The van der Waals surface area contributed by atoms with E-state index in [9.17, 15) is 22.8 Å². The maximum absolute atomic E-state index is 14.0. The van der Waals surface area contributed by atoms with Crippen molar-refractivity contribution in [2.45, 2.75) is 44.7 Å². The number of ether oxygens (including phenoxy) is 1. The topological polar surface area (TPSA) is 84.7 Å². The molecule has 1 N–H and O–H groups in total. The lowest BCUT2D eigenvalue weighted by molar-refractivity contribution is -0.148. The van der Waals surface area contributed by atoms with E-state index in [1.807, 2.05) is 0 Å². The van der Waals surface area contributed by atoms with Crippen molar-refractivity contribution in [3.63, 3.8) is 0 Å². The van der Waals surface area contributed by atoms with Crippen molar-refractivity contribution < 1.29 is 32.0 Å². The number of halogens is 3. The zero-order valence-corrected chi connectivity index (χ0v) is 18.4. The van der Waals surface area contributed by atoms with Crippen molar-refractivity contribution in [3.05, 3.63) is 41.3 Å². The first kappa shape index (κ1) is 23.3. The molecular weight excluding hydrogens is 439 g/mol. The molecule has 4 rings (SSSR count). The number of nitrogens with zero attached hydrogens (tertiary/aromatic N) is 2. The number of carbonyl (C=O) groups is 2. The first-order chi connectivity index (χ1) is 15.8. The summed E-state index contributed by atoms with van der Waals surface area (Å²) in [5.74, 6) is -4.82. The number of methoxy groups -OCH3 is 1. The minimum Gasteiger partial charge on any atom is -0.469 e. The lowest BCUT2D eigenvalue weighted by atomic mass is 9.89. The third-order valence-electron chi connectivity index (χ3n) is 6.75. The van der Waals surface area contributed by atoms with E-state index in [0.717, 1.165) is 31.9 Å². The maximum Gasteiger partial charge on any atom is 0.312 e. The van der Waals surface area contributed by atoms with Gasteiger partial charge in [0.1, 0.15) is 17.5 Å².